The summed E-state index contributed by atoms with van der Waals surface area (Å²) in [5.74, 6) is 1.73. The van der Waals surface area contributed by atoms with Gasteiger partial charge in [0.2, 0.25) is 0 Å². The highest BCUT2D eigenvalue weighted by atomic mass is 32.2. The molecule has 1 nitrogen and oxygen atoms in total. The first kappa shape index (κ1) is 14.9. The quantitative estimate of drug-likeness (QED) is 0.408. The van der Waals surface area contributed by atoms with E-state index in [0.29, 0.717) is 0 Å². The van der Waals surface area contributed by atoms with E-state index in [1.807, 2.05) is 36.4 Å². The first-order valence-corrected chi connectivity index (χ1v) is 8.69. The standard InChI is InChI=1S/C22H16OS/c1-3-10-18(11-4-1)23-21-16-15-17-9-7-8-14-20(17)22(21)24-19-12-5-2-6-13-19/h1-16H. The molecule has 2 heteroatoms. The number of benzene rings is 4. The van der Waals surface area contributed by atoms with E-state index >= 15 is 0 Å². The zero-order valence-electron chi connectivity index (χ0n) is 13.1. The van der Waals surface area contributed by atoms with Gasteiger partial charge in [0.05, 0.1) is 4.90 Å². The van der Waals surface area contributed by atoms with E-state index in [1.54, 1.807) is 11.8 Å². The van der Waals surface area contributed by atoms with Crippen LogP contribution in [0.25, 0.3) is 10.8 Å². The molecule has 4 aromatic rings. The summed E-state index contributed by atoms with van der Waals surface area (Å²) in [6, 6.07) is 32.9. The molecule has 116 valence electrons. The van der Waals surface area contributed by atoms with Gasteiger partial charge in [0, 0.05) is 4.90 Å². The summed E-state index contributed by atoms with van der Waals surface area (Å²) in [7, 11) is 0. The van der Waals surface area contributed by atoms with Crippen LogP contribution in [0, 0.1) is 0 Å². The number of rotatable bonds is 4. The molecule has 24 heavy (non-hydrogen) atoms. The van der Waals surface area contributed by atoms with Gasteiger partial charge in [0.1, 0.15) is 11.5 Å². The summed E-state index contributed by atoms with van der Waals surface area (Å²) in [4.78, 5) is 2.34. The van der Waals surface area contributed by atoms with Crippen molar-refractivity contribution in [3.8, 4) is 11.5 Å². The van der Waals surface area contributed by atoms with E-state index in [1.165, 1.54) is 15.7 Å². The van der Waals surface area contributed by atoms with E-state index in [9.17, 15) is 0 Å². The van der Waals surface area contributed by atoms with Crippen LogP contribution in [0.1, 0.15) is 0 Å². The summed E-state index contributed by atoms with van der Waals surface area (Å²) in [5, 5.41) is 2.43. The van der Waals surface area contributed by atoms with Gasteiger partial charge in [-0.3, -0.25) is 0 Å². The topological polar surface area (TPSA) is 9.23 Å². The van der Waals surface area contributed by atoms with Gasteiger partial charge in [-0.25, -0.2) is 0 Å². The maximum absolute atomic E-state index is 6.17. The molecule has 0 unspecified atom stereocenters. The first-order chi connectivity index (χ1) is 11.9. The lowest BCUT2D eigenvalue weighted by Crippen LogP contribution is -1.88. The van der Waals surface area contributed by atoms with Crippen molar-refractivity contribution in [2.45, 2.75) is 9.79 Å². The normalized spacial score (nSPS) is 10.7. The third-order valence-electron chi connectivity index (χ3n) is 3.78. The minimum absolute atomic E-state index is 0.850. The van der Waals surface area contributed by atoms with Gasteiger partial charge in [-0.2, -0.15) is 0 Å². The molecule has 0 saturated carbocycles. The molecular formula is C22H16OS. The van der Waals surface area contributed by atoms with Crippen molar-refractivity contribution >= 4 is 22.5 Å². The predicted molar refractivity (Wildman–Crippen MR) is 101 cm³/mol. The second-order valence-electron chi connectivity index (χ2n) is 5.44. The lowest BCUT2D eigenvalue weighted by atomic mass is 10.1. The average molecular weight is 328 g/mol. The minimum Gasteiger partial charge on any atom is -0.456 e. The molecule has 0 radical (unpaired) electrons. The number of ether oxygens (including phenoxy) is 1. The average Bonchev–Trinajstić information content (AvgIpc) is 2.65. The second-order valence-corrected chi connectivity index (χ2v) is 6.53. The van der Waals surface area contributed by atoms with Gasteiger partial charge in [-0.15, -0.1) is 0 Å². The van der Waals surface area contributed by atoms with Crippen LogP contribution < -0.4 is 4.74 Å². The maximum Gasteiger partial charge on any atom is 0.141 e. The molecule has 0 bridgehead atoms. The number of para-hydroxylation sites is 1. The Balaban J connectivity index is 1.82. The fourth-order valence-corrected chi connectivity index (χ4v) is 3.67. The zero-order chi connectivity index (χ0) is 16.2. The zero-order valence-corrected chi connectivity index (χ0v) is 13.9. The molecule has 0 saturated heterocycles. The second kappa shape index (κ2) is 6.81. The van der Waals surface area contributed by atoms with E-state index in [2.05, 4.69) is 60.7 Å². The summed E-state index contributed by atoms with van der Waals surface area (Å²) in [6.07, 6.45) is 0. The van der Waals surface area contributed by atoms with Gasteiger partial charge < -0.3 is 4.74 Å². The van der Waals surface area contributed by atoms with Gasteiger partial charge >= 0.3 is 0 Å². The van der Waals surface area contributed by atoms with Crippen LogP contribution >= 0.6 is 11.8 Å². The molecule has 0 aliphatic carbocycles. The molecule has 0 aliphatic heterocycles. The van der Waals surface area contributed by atoms with E-state index in [4.69, 9.17) is 4.74 Å². The maximum atomic E-state index is 6.17. The van der Waals surface area contributed by atoms with Crippen molar-refractivity contribution in [1.29, 1.82) is 0 Å². The minimum atomic E-state index is 0.850. The van der Waals surface area contributed by atoms with Gasteiger partial charge in [-0.05, 0) is 41.1 Å². The van der Waals surface area contributed by atoms with Crippen LogP contribution in [0.3, 0.4) is 0 Å². The largest absolute Gasteiger partial charge is 0.456 e. The molecule has 0 fully saturated rings. The molecular weight excluding hydrogens is 312 g/mol. The Hall–Kier alpha value is -2.71. The Labute approximate surface area is 145 Å². The number of hydrogen-bond donors (Lipinski definition) is 0. The Morgan fingerprint density at radius 1 is 0.583 bits per heavy atom. The lowest BCUT2D eigenvalue weighted by Gasteiger charge is -2.14. The third kappa shape index (κ3) is 3.15. The van der Waals surface area contributed by atoms with Crippen LogP contribution in [0.2, 0.25) is 0 Å². The van der Waals surface area contributed by atoms with Gasteiger partial charge in [0.25, 0.3) is 0 Å². The number of hydrogen-bond acceptors (Lipinski definition) is 2. The highest BCUT2D eigenvalue weighted by molar-refractivity contribution is 7.99. The van der Waals surface area contributed by atoms with E-state index < -0.39 is 0 Å². The van der Waals surface area contributed by atoms with Crippen molar-refractivity contribution in [3.05, 3.63) is 97.1 Å². The smallest absolute Gasteiger partial charge is 0.141 e. The SMILES string of the molecule is c1ccc(Oc2ccc3ccccc3c2Sc2ccccc2)cc1. The first-order valence-electron chi connectivity index (χ1n) is 7.88. The summed E-state index contributed by atoms with van der Waals surface area (Å²) >= 11 is 1.74. The Morgan fingerprint density at radius 3 is 2.04 bits per heavy atom. The van der Waals surface area contributed by atoms with Crippen molar-refractivity contribution in [2.75, 3.05) is 0 Å². The summed E-state index contributed by atoms with van der Waals surface area (Å²) in [6.45, 7) is 0. The molecule has 0 N–H and O–H groups in total. The van der Waals surface area contributed by atoms with Crippen molar-refractivity contribution in [1.82, 2.24) is 0 Å². The molecule has 0 heterocycles. The fraction of sp³-hybridized carbons (Fsp3) is 0. The molecule has 4 aromatic carbocycles. The fourth-order valence-electron chi connectivity index (χ4n) is 2.63. The molecule has 0 amide bonds. The Morgan fingerprint density at radius 2 is 1.25 bits per heavy atom. The van der Waals surface area contributed by atoms with Crippen molar-refractivity contribution in [2.24, 2.45) is 0 Å². The molecule has 0 aromatic heterocycles. The lowest BCUT2D eigenvalue weighted by molar-refractivity contribution is 0.472. The van der Waals surface area contributed by atoms with E-state index in [-0.39, 0.29) is 0 Å². The van der Waals surface area contributed by atoms with Crippen LogP contribution in [-0.2, 0) is 0 Å². The monoisotopic (exact) mass is 328 g/mol. The summed E-state index contributed by atoms with van der Waals surface area (Å²) in [5.41, 5.74) is 0. The van der Waals surface area contributed by atoms with Gasteiger partial charge in [0.15, 0.2) is 0 Å². The van der Waals surface area contributed by atoms with Crippen LogP contribution in [0.5, 0.6) is 11.5 Å². The highest BCUT2D eigenvalue weighted by Gasteiger charge is 2.11. The summed E-state index contributed by atoms with van der Waals surface area (Å²) < 4.78 is 6.17. The highest BCUT2D eigenvalue weighted by Crippen LogP contribution is 2.41. The van der Waals surface area contributed by atoms with Crippen molar-refractivity contribution in [3.63, 3.8) is 0 Å². The number of fused-ring (bicyclic) bond motifs is 1. The molecule has 0 atom stereocenters. The Bertz CT molecular complexity index is 949. The third-order valence-corrected chi connectivity index (χ3v) is 4.91. The molecule has 4 rings (SSSR count). The molecule has 0 aliphatic rings. The van der Waals surface area contributed by atoms with Crippen molar-refractivity contribution < 1.29 is 4.74 Å². The van der Waals surface area contributed by atoms with Crippen LogP contribution in [-0.4, -0.2) is 0 Å². The predicted octanol–water partition coefficient (Wildman–Crippen LogP) is 6.78. The molecule has 0 spiro atoms. The van der Waals surface area contributed by atoms with Gasteiger partial charge in [-0.1, -0.05) is 78.5 Å². The van der Waals surface area contributed by atoms with Crippen LogP contribution in [0.15, 0.2) is 107 Å². The van der Waals surface area contributed by atoms with Crippen LogP contribution in [0.4, 0.5) is 0 Å². The van der Waals surface area contributed by atoms with E-state index in [0.717, 1.165) is 16.4 Å². The Kier molecular flexibility index (Phi) is 4.22.